The number of nitrogens with two attached hydrogens (primary N) is 1. The molecule has 0 aromatic heterocycles. The number of benzene rings is 4. The lowest BCUT2D eigenvalue weighted by molar-refractivity contribution is -0.437. The average Bonchev–Trinajstić information content (AvgIpc) is 3.49. The Labute approximate surface area is 322 Å². The van der Waals surface area contributed by atoms with Gasteiger partial charge < -0.3 is 15.8 Å². The molecule has 0 saturated carbocycles. The maximum atomic E-state index is 10.5. The molecule has 294 valence electrons. The first kappa shape index (κ1) is 44.5. The van der Waals surface area contributed by atoms with Crippen LogP contribution >= 0.6 is 0 Å². The summed E-state index contributed by atoms with van der Waals surface area (Å²) in [5.74, 6) is 0. The molecule has 0 unspecified atom stereocenters. The first-order valence-electron chi connectivity index (χ1n) is 17.1. The number of anilines is 1. The second-order valence-electron chi connectivity index (χ2n) is 13.5. The van der Waals surface area contributed by atoms with E-state index in [2.05, 4.69) is 147 Å². The van der Waals surface area contributed by atoms with Gasteiger partial charge >= 0.3 is 10.7 Å². The van der Waals surface area contributed by atoms with E-state index in [-0.39, 0.29) is 17.0 Å². The van der Waals surface area contributed by atoms with Crippen LogP contribution in [0.4, 0.5) is 28.9 Å². The zero-order valence-electron chi connectivity index (χ0n) is 31.5. The van der Waals surface area contributed by atoms with Gasteiger partial charge in [0.05, 0.1) is 12.0 Å². The van der Waals surface area contributed by atoms with Crippen LogP contribution in [0.5, 0.6) is 0 Å². The van der Waals surface area contributed by atoms with E-state index in [4.69, 9.17) is 21.6 Å². The van der Waals surface area contributed by atoms with Gasteiger partial charge in [-0.2, -0.15) is 39.0 Å². The van der Waals surface area contributed by atoms with Gasteiger partial charge in [0.1, 0.15) is 6.54 Å². The van der Waals surface area contributed by atoms with Crippen molar-refractivity contribution in [2.45, 2.75) is 51.9 Å². The predicted molar refractivity (Wildman–Crippen MR) is 217 cm³/mol. The van der Waals surface area contributed by atoms with E-state index in [1.165, 1.54) is 55.5 Å². The molecule has 0 bridgehead atoms. The van der Waals surface area contributed by atoms with Crippen LogP contribution in [0.15, 0.2) is 109 Å². The van der Waals surface area contributed by atoms with Crippen LogP contribution < -0.4 is 4.90 Å². The zero-order valence-corrected chi connectivity index (χ0v) is 33.1. The van der Waals surface area contributed by atoms with E-state index in [1.807, 2.05) is 0 Å². The SMILES string of the molecule is CCC[N+]1=C(C=CC=CC=C2N(CCOC)c3ccc4ccccc4c3C2(C)C)C(C)(C)c2c1ccc1ccccc21.O=S(=O)=C(F)F.O=S(=O)=C(F)F.[NH2-]. The minimum atomic E-state index is -3.28. The molecular weight excluding hydrogens is 755 g/mol. The highest BCUT2D eigenvalue weighted by Gasteiger charge is 2.45. The van der Waals surface area contributed by atoms with Crippen molar-refractivity contribution in [2.75, 3.05) is 31.7 Å². The molecule has 55 heavy (non-hydrogen) atoms. The highest BCUT2D eigenvalue weighted by atomic mass is 32.2. The first-order chi connectivity index (χ1) is 25.6. The topological polar surface area (TPSA) is 117 Å². The van der Waals surface area contributed by atoms with Crippen molar-refractivity contribution in [1.82, 2.24) is 0 Å². The fourth-order valence-electron chi connectivity index (χ4n) is 7.32. The summed E-state index contributed by atoms with van der Waals surface area (Å²) in [6.45, 7) is 14.2. The Kier molecular flexibility index (Phi) is 15.5. The van der Waals surface area contributed by atoms with Gasteiger partial charge in [-0.1, -0.05) is 93.6 Å². The molecule has 14 heteroatoms. The van der Waals surface area contributed by atoms with E-state index >= 15 is 0 Å². The van der Waals surface area contributed by atoms with Crippen molar-refractivity contribution < 1.29 is 43.7 Å². The van der Waals surface area contributed by atoms with Gasteiger partial charge in [-0.05, 0) is 59.2 Å². The summed E-state index contributed by atoms with van der Waals surface area (Å²) in [5, 5.41) is 0.139. The molecule has 0 saturated heterocycles. The number of fused-ring (bicyclic) bond motifs is 6. The number of methoxy groups -OCH3 is 1. The Morgan fingerprint density at radius 1 is 0.745 bits per heavy atom. The Balaban J connectivity index is 0.000000544. The van der Waals surface area contributed by atoms with E-state index in [9.17, 15) is 17.6 Å². The van der Waals surface area contributed by atoms with Crippen LogP contribution in [0.2, 0.25) is 0 Å². The van der Waals surface area contributed by atoms with Crippen molar-refractivity contribution in [3.8, 4) is 0 Å². The molecule has 0 amide bonds. The molecule has 8 nitrogen and oxygen atoms in total. The molecule has 4 aromatic carbocycles. The van der Waals surface area contributed by atoms with Gasteiger partial charge in [-0.15, -0.1) is 0 Å². The molecule has 2 N–H and O–H groups in total. The molecule has 4 aromatic rings. The number of nitrogens with zero attached hydrogens (tertiary/aromatic N) is 2. The third-order valence-corrected chi connectivity index (χ3v) is 9.96. The monoisotopic (exact) mass is 799 g/mol. The maximum Gasteiger partial charge on any atom is 0.387 e. The fourth-order valence-corrected chi connectivity index (χ4v) is 7.32. The number of allylic oxidation sites excluding steroid dienone is 6. The molecule has 0 radical (unpaired) electrons. The van der Waals surface area contributed by atoms with Gasteiger partial charge in [-0.25, -0.2) is 0 Å². The van der Waals surface area contributed by atoms with Crippen molar-refractivity contribution in [3.63, 3.8) is 0 Å². The second-order valence-corrected chi connectivity index (χ2v) is 15.1. The van der Waals surface area contributed by atoms with Crippen molar-refractivity contribution in [3.05, 3.63) is 126 Å². The van der Waals surface area contributed by atoms with Gasteiger partial charge in [0, 0.05) is 54.6 Å². The van der Waals surface area contributed by atoms with Crippen LogP contribution in [0.1, 0.15) is 52.2 Å². The Morgan fingerprint density at radius 2 is 1.27 bits per heavy atom. The smallest absolute Gasteiger partial charge is 0.387 e. The molecule has 2 aliphatic heterocycles. The molecule has 0 aliphatic carbocycles. The minimum absolute atomic E-state index is 0. The normalized spacial score (nSPS) is 15.7. The third kappa shape index (κ3) is 9.68. The molecular formula is C41H45F4N3O5S2. The minimum Gasteiger partial charge on any atom is -0.693 e. The fraction of sp³-hybridized carbons (Fsp3) is 0.293. The van der Waals surface area contributed by atoms with E-state index in [1.54, 1.807) is 7.11 Å². The zero-order chi connectivity index (χ0) is 39.8. The van der Waals surface area contributed by atoms with E-state index < -0.39 is 31.3 Å². The van der Waals surface area contributed by atoms with Crippen molar-refractivity contribution >= 4 is 70.0 Å². The Hall–Kier alpha value is -4.89. The average molecular weight is 800 g/mol. The number of rotatable bonds is 8. The van der Waals surface area contributed by atoms with Crippen molar-refractivity contribution in [2.24, 2.45) is 0 Å². The summed E-state index contributed by atoms with van der Waals surface area (Å²) < 4.78 is 85.5. The molecule has 6 rings (SSSR count). The van der Waals surface area contributed by atoms with E-state index in [0.717, 1.165) is 19.5 Å². The summed E-state index contributed by atoms with van der Waals surface area (Å²) in [6, 6.07) is 26.6. The Bertz CT molecular complexity index is 2410. The van der Waals surface area contributed by atoms with Crippen LogP contribution in [0, 0.1) is 0 Å². The molecule has 2 aliphatic rings. The standard InChI is InChI=1S/C39H43N2O.2CF2O2S.H2N/c1-7-25-40-32-23-21-28-15-11-13-17-30(28)36(32)38(2,3)34(40)19-9-8-10-20-35-39(4,5)37-31-18-14-12-16-29(31)22-24-33(37)41(35)26-27-42-6;2*2-1(3)6(4)5;/h8-24H,7,25-27H2,1-6H3;;;1H2/q+1;;;-1. The number of hydrogen-bond donors (Lipinski definition) is 0. The van der Waals surface area contributed by atoms with Crippen LogP contribution in [0.25, 0.3) is 27.7 Å². The first-order valence-corrected chi connectivity index (χ1v) is 19.3. The van der Waals surface area contributed by atoms with Gasteiger partial charge in [0.2, 0.25) is 5.69 Å². The number of halogens is 4. The van der Waals surface area contributed by atoms with Gasteiger partial charge in [0.15, 0.2) is 5.71 Å². The molecule has 0 spiro atoms. The van der Waals surface area contributed by atoms with Crippen LogP contribution in [0.3, 0.4) is 0 Å². The summed E-state index contributed by atoms with van der Waals surface area (Å²) in [4.78, 5) is 2.44. The lowest BCUT2D eigenvalue weighted by Crippen LogP contribution is -2.28. The summed E-state index contributed by atoms with van der Waals surface area (Å²) >= 11 is 0. The third-order valence-electron chi connectivity index (χ3n) is 9.46. The lowest BCUT2D eigenvalue weighted by atomic mass is 9.79. The van der Waals surface area contributed by atoms with Crippen LogP contribution in [-0.2, 0) is 36.2 Å². The highest BCUT2D eigenvalue weighted by molar-refractivity contribution is 7.72. The maximum absolute atomic E-state index is 10.5. The highest BCUT2D eigenvalue weighted by Crippen LogP contribution is 2.50. The molecule has 0 atom stereocenters. The largest absolute Gasteiger partial charge is 0.693 e. The second kappa shape index (κ2) is 19.1. The summed E-state index contributed by atoms with van der Waals surface area (Å²) in [6.07, 6.45) is 12.3. The van der Waals surface area contributed by atoms with Crippen LogP contribution in [-0.4, -0.2) is 64.7 Å². The van der Waals surface area contributed by atoms with Gasteiger partial charge in [-0.3, -0.25) is 0 Å². The van der Waals surface area contributed by atoms with E-state index in [0.29, 0.717) is 6.61 Å². The molecule has 2 heterocycles. The number of hydrogen-bond acceptors (Lipinski definition) is 6. The van der Waals surface area contributed by atoms with Crippen molar-refractivity contribution in [1.29, 1.82) is 0 Å². The summed E-state index contributed by atoms with van der Waals surface area (Å²) in [5.41, 5.74) is 7.92. The Morgan fingerprint density at radius 3 is 1.80 bits per heavy atom. The quantitative estimate of drug-likeness (QED) is 0.0576. The molecule has 0 fully saturated rings. The number of ether oxygens (including phenoxy) is 1. The van der Waals surface area contributed by atoms with Gasteiger partial charge in [0.25, 0.3) is 20.6 Å². The predicted octanol–water partition coefficient (Wildman–Crippen LogP) is 9.72. The summed E-state index contributed by atoms with van der Waals surface area (Å²) in [7, 11) is -4.79. The lowest BCUT2D eigenvalue weighted by Gasteiger charge is -2.26.